The maximum Gasteiger partial charge on any atom is 0.259 e. The van der Waals surface area contributed by atoms with Crippen molar-refractivity contribution in [3.63, 3.8) is 0 Å². The number of H-pyrrole nitrogens is 2. The van der Waals surface area contributed by atoms with Gasteiger partial charge in [-0.15, -0.1) is 0 Å². The van der Waals surface area contributed by atoms with Crippen LogP contribution in [0.1, 0.15) is 51.7 Å². The molecular weight excluding hydrogens is 434 g/mol. The lowest BCUT2D eigenvalue weighted by molar-refractivity contribution is -0.0182. The maximum absolute atomic E-state index is 12.6. The molecule has 2 aromatic heterocycles. The number of hydrogen-bond acceptors (Lipinski definition) is 5. The van der Waals surface area contributed by atoms with Gasteiger partial charge in [0, 0.05) is 32.9 Å². The van der Waals surface area contributed by atoms with Gasteiger partial charge in [0.2, 0.25) is 0 Å². The molecule has 2 aliphatic rings. The molecule has 1 fully saturated rings. The Hall–Kier alpha value is -3.72. The molecule has 0 spiro atoms. The summed E-state index contributed by atoms with van der Waals surface area (Å²) in [7, 11) is 0. The number of amides is 2. The fourth-order valence-electron chi connectivity index (χ4n) is 4.94. The largest absolute Gasteiger partial charge is 0.390 e. The molecule has 8 nitrogen and oxygen atoms in total. The van der Waals surface area contributed by atoms with Crippen molar-refractivity contribution in [3.8, 4) is 0 Å². The zero-order valence-corrected chi connectivity index (χ0v) is 18.6. The molecule has 0 radical (unpaired) electrons. The van der Waals surface area contributed by atoms with Gasteiger partial charge in [-0.2, -0.15) is 0 Å². The van der Waals surface area contributed by atoms with E-state index in [1.54, 1.807) is 6.08 Å². The Kier molecular flexibility index (Phi) is 5.36. The van der Waals surface area contributed by atoms with E-state index in [1.807, 2.05) is 43.3 Å². The molecular formula is C26H25N3O5. The quantitative estimate of drug-likeness (QED) is 0.256. The van der Waals surface area contributed by atoms with Crippen LogP contribution in [0.5, 0.6) is 0 Å². The van der Waals surface area contributed by atoms with Gasteiger partial charge in [-0.1, -0.05) is 36.9 Å². The first-order valence-corrected chi connectivity index (χ1v) is 11.1. The Morgan fingerprint density at radius 2 is 1.56 bits per heavy atom. The summed E-state index contributed by atoms with van der Waals surface area (Å²) in [6, 6.07) is 7.79. The van der Waals surface area contributed by atoms with Crippen LogP contribution in [0.4, 0.5) is 0 Å². The molecule has 2 aromatic carbocycles. The number of imide groups is 1. The SMILES string of the molecule is C=Cc1[nH]c2c(c1/C=C\C)c1c(c3c4ccccc4[nH]c23)C(=O)NC1=O.OC1CCC(O)C1O. The molecule has 3 heterocycles. The van der Waals surface area contributed by atoms with E-state index in [-0.39, 0.29) is 11.8 Å². The first kappa shape index (κ1) is 22.1. The number of aromatic amines is 2. The van der Waals surface area contributed by atoms with Crippen LogP contribution in [0, 0.1) is 0 Å². The summed E-state index contributed by atoms with van der Waals surface area (Å²) in [6.45, 7) is 5.79. The van der Waals surface area contributed by atoms with Gasteiger partial charge in [-0.05, 0) is 31.9 Å². The fourth-order valence-corrected chi connectivity index (χ4v) is 4.94. The van der Waals surface area contributed by atoms with Crippen molar-refractivity contribution in [2.45, 2.75) is 38.1 Å². The molecule has 1 aliphatic carbocycles. The Labute approximate surface area is 194 Å². The standard InChI is InChI=1S/C21H15N3O2.C5H10O3/c1-3-7-10-12(4-2)22-18-14(10)16-17(21(26)24-20(16)25)15-11-8-5-6-9-13(11)23-19(15)18;6-3-1-2-4(7)5(3)8/h3-9,22-23H,2H2,1H3,(H,24,25,26);3-8H,1-2H2/b7-3-;. The summed E-state index contributed by atoms with van der Waals surface area (Å²) >= 11 is 0. The number of aliphatic hydroxyl groups excluding tert-OH is 3. The number of hydrogen-bond donors (Lipinski definition) is 6. The average Bonchev–Trinajstić information content (AvgIpc) is 3.54. The minimum Gasteiger partial charge on any atom is -0.390 e. The smallest absolute Gasteiger partial charge is 0.259 e. The zero-order valence-electron chi connectivity index (χ0n) is 18.6. The lowest BCUT2D eigenvalue weighted by Gasteiger charge is -2.08. The summed E-state index contributed by atoms with van der Waals surface area (Å²) in [5.74, 6) is -0.711. The van der Waals surface area contributed by atoms with Gasteiger partial charge in [0.05, 0.1) is 34.4 Å². The van der Waals surface area contributed by atoms with E-state index in [0.717, 1.165) is 44.0 Å². The van der Waals surface area contributed by atoms with E-state index < -0.39 is 18.3 Å². The molecule has 2 unspecified atom stereocenters. The zero-order chi connectivity index (χ0) is 24.1. The maximum atomic E-state index is 12.6. The van der Waals surface area contributed by atoms with E-state index in [2.05, 4.69) is 21.9 Å². The van der Waals surface area contributed by atoms with Crippen LogP contribution >= 0.6 is 0 Å². The van der Waals surface area contributed by atoms with Gasteiger partial charge in [0.1, 0.15) is 6.10 Å². The molecule has 8 heteroatoms. The fraction of sp³-hybridized carbons (Fsp3) is 0.231. The van der Waals surface area contributed by atoms with E-state index >= 15 is 0 Å². The van der Waals surface area contributed by atoms with E-state index in [1.165, 1.54) is 0 Å². The Bertz CT molecular complexity index is 1500. The van der Waals surface area contributed by atoms with Crippen LogP contribution in [-0.4, -0.2) is 55.4 Å². The van der Waals surface area contributed by atoms with Crippen LogP contribution in [-0.2, 0) is 0 Å². The number of nitrogens with one attached hydrogen (secondary N) is 3. The summed E-state index contributed by atoms with van der Waals surface area (Å²) in [4.78, 5) is 32.1. The topological polar surface area (TPSA) is 138 Å². The molecule has 2 atom stereocenters. The van der Waals surface area contributed by atoms with Crippen LogP contribution in [0.15, 0.2) is 36.9 Å². The number of carbonyl (C=O) groups is 2. The third-order valence-corrected chi connectivity index (χ3v) is 6.54. The Balaban J connectivity index is 0.000000257. The lowest BCUT2D eigenvalue weighted by Crippen LogP contribution is -2.28. The van der Waals surface area contributed by atoms with Gasteiger partial charge in [0.25, 0.3) is 11.8 Å². The van der Waals surface area contributed by atoms with Crippen molar-refractivity contribution >= 4 is 56.7 Å². The highest BCUT2D eigenvalue weighted by Crippen LogP contribution is 2.41. The van der Waals surface area contributed by atoms with E-state index in [9.17, 15) is 9.59 Å². The highest BCUT2D eigenvalue weighted by molar-refractivity contribution is 6.37. The minimum atomic E-state index is -0.907. The summed E-state index contributed by atoms with van der Waals surface area (Å²) in [5.41, 5.74) is 5.10. The van der Waals surface area contributed by atoms with Gasteiger partial charge < -0.3 is 25.3 Å². The summed E-state index contributed by atoms with van der Waals surface area (Å²) < 4.78 is 0. The van der Waals surface area contributed by atoms with Gasteiger partial charge in [-0.25, -0.2) is 0 Å². The second kappa shape index (κ2) is 8.25. The average molecular weight is 460 g/mol. The van der Waals surface area contributed by atoms with Crippen molar-refractivity contribution in [2.24, 2.45) is 0 Å². The number of para-hydroxylation sites is 1. The number of fused-ring (bicyclic) bond motifs is 8. The van der Waals surface area contributed by atoms with Crippen LogP contribution in [0.3, 0.4) is 0 Å². The number of allylic oxidation sites excluding steroid dienone is 1. The molecule has 0 bridgehead atoms. The third kappa shape index (κ3) is 3.19. The number of aromatic nitrogens is 2. The highest BCUT2D eigenvalue weighted by atomic mass is 16.4. The summed E-state index contributed by atoms with van der Waals surface area (Å²) in [6.07, 6.45) is 4.28. The molecule has 2 amide bonds. The normalized spacial score (nSPS) is 21.9. The van der Waals surface area contributed by atoms with Crippen LogP contribution in [0.25, 0.3) is 44.9 Å². The lowest BCUT2D eigenvalue weighted by atomic mass is 9.95. The molecule has 174 valence electrons. The molecule has 1 saturated carbocycles. The van der Waals surface area contributed by atoms with E-state index in [4.69, 9.17) is 15.3 Å². The predicted molar refractivity (Wildman–Crippen MR) is 132 cm³/mol. The number of aliphatic hydroxyl groups is 3. The van der Waals surface area contributed by atoms with Gasteiger partial charge in [-0.3, -0.25) is 14.9 Å². The minimum absolute atomic E-state index is 0.352. The monoisotopic (exact) mass is 459 g/mol. The molecule has 4 aromatic rings. The predicted octanol–water partition coefficient (Wildman–Crippen LogP) is 3.23. The van der Waals surface area contributed by atoms with E-state index in [0.29, 0.717) is 24.0 Å². The molecule has 6 rings (SSSR count). The van der Waals surface area contributed by atoms with Crippen molar-refractivity contribution in [1.82, 2.24) is 15.3 Å². The molecule has 1 aliphatic heterocycles. The van der Waals surface area contributed by atoms with Crippen molar-refractivity contribution in [2.75, 3.05) is 0 Å². The number of carbonyl (C=O) groups excluding carboxylic acids is 2. The Morgan fingerprint density at radius 3 is 2.15 bits per heavy atom. The molecule has 0 saturated heterocycles. The van der Waals surface area contributed by atoms with Crippen LogP contribution in [0.2, 0.25) is 0 Å². The molecule has 34 heavy (non-hydrogen) atoms. The highest BCUT2D eigenvalue weighted by Gasteiger charge is 2.35. The Morgan fingerprint density at radius 1 is 0.941 bits per heavy atom. The molecule has 6 N–H and O–H groups in total. The van der Waals surface area contributed by atoms with Crippen molar-refractivity contribution < 1.29 is 24.9 Å². The van der Waals surface area contributed by atoms with Crippen molar-refractivity contribution in [3.05, 3.63) is 59.3 Å². The first-order chi connectivity index (χ1) is 16.4. The third-order valence-electron chi connectivity index (χ3n) is 6.54. The number of rotatable bonds is 2. The van der Waals surface area contributed by atoms with Gasteiger partial charge in [0.15, 0.2) is 0 Å². The second-order valence-electron chi connectivity index (χ2n) is 8.56. The van der Waals surface area contributed by atoms with Crippen molar-refractivity contribution in [1.29, 1.82) is 0 Å². The first-order valence-electron chi connectivity index (χ1n) is 11.1. The van der Waals surface area contributed by atoms with Crippen LogP contribution < -0.4 is 5.32 Å². The van der Waals surface area contributed by atoms with Gasteiger partial charge >= 0.3 is 0 Å². The summed E-state index contributed by atoms with van der Waals surface area (Å²) in [5, 5.41) is 31.2. The second-order valence-corrected chi connectivity index (χ2v) is 8.56. The number of benzene rings is 2.